The minimum atomic E-state index is -1.08. The fourth-order valence-corrected chi connectivity index (χ4v) is 2.98. The van der Waals surface area contributed by atoms with E-state index in [1.54, 1.807) is 20.8 Å². The molecule has 3 amide bonds. The smallest absolute Gasteiger partial charge is 0.325 e. The maximum absolute atomic E-state index is 12.9. The standard InChI is InChI=1S/C19H22N2O3/c1-18(2,24)10-11-21-16(22)19(3,20-17(21)23)15-9-8-13-6-4-5-7-14(13)12-15/h4-9,12,24H,10-11H2,1-3H3,(H,20,23). The number of hydrogen-bond donors (Lipinski definition) is 2. The van der Waals surface area contributed by atoms with Gasteiger partial charge in [-0.25, -0.2) is 4.79 Å². The molecule has 1 atom stereocenters. The highest BCUT2D eigenvalue weighted by Crippen LogP contribution is 2.31. The second kappa shape index (κ2) is 5.60. The Morgan fingerprint density at radius 3 is 2.46 bits per heavy atom. The summed E-state index contributed by atoms with van der Waals surface area (Å²) < 4.78 is 0. The van der Waals surface area contributed by atoms with E-state index in [9.17, 15) is 14.7 Å². The Hall–Kier alpha value is -2.40. The molecule has 2 aromatic rings. The van der Waals surface area contributed by atoms with E-state index in [1.807, 2.05) is 42.5 Å². The van der Waals surface area contributed by atoms with Gasteiger partial charge in [0.15, 0.2) is 0 Å². The molecule has 2 aromatic carbocycles. The lowest BCUT2D eigenvalue weighted by molar-refractivity contribution is -0.131. The monoisotopic (exact) mass is 326 g/mol. The zero-order valence-corrected chi connectivity index (χ0v) is 14.2. The van der Waals surface area contributed by atoms with Gasteiger partial charge in [0.05, 0.1) is 5.60 Å². The van der Waals surface area contributed by atoms with E-state index in [2.05, 4.69) is 5.32 Å². The largest absolute Gasteiger partial charge is 0.390 e. The second-order valence-electron chi connectivity index (χ2n) is 7.14. The van der Waals surface area contributed by atoms with Crippen LogP contribution in [0, 0.1) is 0 Å². The van der Waals surface area contributed by atoms with Crippen molar-refractivity contribution in [1.29, 1.82) is 0 Å². The minimum Gasteiger partial charge on any atom is -0.390 e. The fourth-order valence-electron chi connectivity index (χ4n) is 2.98. The summed E-state index contributed by atoms with van der Waals surface area (Å²) in [6, 6.07) is 13.2. The highest BCUT2D eigenvalue weighted by Gasteiger charge is 2.49. The molecule has 0 aromatic heterocycles. The van der Waals surface area contributed by atoms with Crippen molar-refractivity contribution in [1.82, 2.24) is 10.2 Å². The Balaban J connectivity index is 1.91. The number of carbonyl (C=O) groups excluding carboxylic acids is 2. The fraction of sp³-hybridized carbons (Fsp3) is 0.368. The normalized spacial score (nSPS) is 21.4. The van der Waals surface area contributed by atoms with E-state index in [1.165, 1.54) is 4.90 Å². The molecule has 0 aliphatic carbocycles. The van der Waals surface area contributed by atoms with E-state index in [-0.39, 0.29) is 12.5 Å². The average molecular weight is 326 g/mol. The quantitative estimate of drug-likeness (QED) is 0.849. The number of nitrogens with one attached hydrogen (secondary N) is 1. The maximum Gasteiger partial charge on any atom is 0.325 e. The van der Waals surface area contributed by atoms with Crippen molar-refractivity contribution in [3.05, 3.63) is 48.0 Å². The van der Waals surface area contributed by atoms with Crippen molar-refractivity contribution in [2.75, 3.05) is 6.54 Å². The second-order valence-corrected chi connectivity index (χ2v) is 7.14. The van der Waals surface area contributed by atoms with Crippen molar-refractivity contribution in [2.24, 2.45) is 0 Å². The molecule has 0 radical (unpaired) electrons. The first-order valence-corrected chi connectivity index (χ1v) is 8.06. The van der Waals surface area contributed by atoms with Gasteiger partial charge in [0.25, 0.3) is 5.91 Å². The summed E-state index contributed by atoms with van der Waals surface area (Å²) in [5, 5.41) is 14.8. The molecule has 126 valence electrons. The first kappa shape index (κ1) is 16.5. The number of carbonyl (C=O) groups is 2. The number of amides is 3. The number of nitrogens with zero attached hydrogens (tertiary/aromatic N) is 1. The maximum atomic E-state index is 12.9. The predicted octanol–water partition coefficient (Wildman–Crippen LogP) is 2.77. The topological polar surface area (TPSA) is 69.6 Å². The van der Waals surface area contributed by atoms with Crippen LogP contribution in [-0.2, 0) is 10.3 Å². The van der Waals surface area contributed by atoms with Crippen molar-refractivity contribution in [2.45, 2.75) is 38.3 Å². The van der Waals surface area contributed by atoms with E-state index in [0.29, 0.717) is 6.42 Å². The van der Waals surface area contributed by atoms with Crippen LogP contribution in [0.1, 0.15) is 32.8 Å². The summed E-state index contributed by atoms with van der Waals surface area (Å²) >= 11 is 0. The van der Waals surface area contributed by atoms with Gasteiger partial charge in [0.2, 0.25) is 0 Å². The molecule has 1 fully saturated rings. The van der Waals surface area contributed by atoms with Gasteiger partial charge in [0.1, 0.15) is 5.54 Å². The lowest BCUT2D eigenvalue weighted by atomic mass is 9.90. The van der Waals surface area contributed by atoms with Gasteiger partial charge < -0.3 is 10.4 Å². The minimum absolute atomic E-state index is 0.192. The van der Waals surface area contributed by atoms with Crippen LogP contribution in [0.3, 0.4) is 0 Å². The van der Waals surface area contributed by atoms with E-state index in [0.717, 1.165) is 16.3 Å². The van der Waals surface area contributed by atoms with E-state index >= 15 is 0 Å². The van der Waals surface area contributed by atoms with Crippen molar-refractivity contribution in [3.8, 4) is 0 Å². The molecular weight excluding hydrogens is 304 g/mol. The summed E-state index contributed by atoms with van der Waals surface area (Å²) in [7, 11) is 0. The Bertz CT molecular complexity index is 810. The van der Waals surface area contributed by atoms with Crippen molar-refractivity contribution >= 4 is 22.7 Å². The molecular formula is C19H22N2O3. The summed E-state index contributed by atoms with van der Waals surface area (Å²) in [4.78, 5) is 26.3. The van der Waals surface area contributed by atoms with Gasteiger partial charge in [-0.15, -0.1) is 0 Å². The van der Waals surface area contributed by atoms with Gasteiger partial charge in [-0.1, -0.05) is 36.4 Å². The number of imide groups is 1. The Labute approximate surface area is 141 Å². The van der Waals surface area contributed by atoms with Crippen LogP contribution in [-0.4, -0.2) is 34.1 Å². The predicted molar refractivity (Wildman–Crippen MR) is 92.5 cm³/mol. The molecule has 5 nitrogen and oxygen atoms in total. The van der Waals surface area contributed by atoms with Gasteiger partial charge in [-0.3, -0.25) is 9.69 Å². The molecule has 1 heterocycles. The highest BCUT2D eigenvalue weighted by atomic mass is 16.3. The van der Waals surface area contributed by atoms with Crippen LogP contribution in [0.25, 0.3) is 10.8 Å². The molecule has 5 heteroatoms. The van der Waals surface area contributed by atoms with Crippen LogP contribution in [0.5, 0.6) is 0 Å². The summed E-state index contributed by atoms with van der Waals surface area (Å²) in [5.74, 6) is -0.285. The molecule has 0 spiro atoms. The molecule has 1 unspecified atom stereocenters. The summed E-state index contributed by atoms with van der Waals surface area (Å²) in [5.41, 5.74) is -1.26. The molecule has 1 aliphatic heterocycles. The average Bonchev–Trinajstić information content (AvgIpc) is 2.74. The molecule has 2 N–H and O–H groups in total. The zero-order chi connectivity index (χ0) is 17.5. The molecule has 0 saturated carbocycles. The number of hydrogen-bond acceptors (Lipinski definition) is 3. The Morgan fingerprint density at radius 2 is 1.79 bits per heavy atom. The Kier molecular flexibility index (Phi) is 3.84. The van der Waals surface area contributed by atoms with Gasteiger partial charge in [-0.2, -0.15) is 0 Å². The number of fused-ring (bicyclic) bond motifs is 1. The molecule has 0 bridgehead atoms. The van der Waals surface area contributed by atoms with Gasteiger partial charge in [0, 0.05) is 6.54 Å². The third-order valence-corrected chi connectivity index (χ3v) is 4.55. The van der Waals surface area contributed by atoms with Crippen LogP contribution in [0.2, 0.25) is 0 Å². The first-order valence-electron chi connectivity index (χ1n) is 8.06. The lowest BCUT2D eigenvalue weighted by Crippen LogP contribution is -2.41. The zero-order valence-electron chi connectivity index (χ0n) is 14.2. The SMILES string of the molecule is CC(C)(O)CCN1C(=O)NC(C)(c2ccc3ccccc3c2)C1=O. The molecule has 1 saturated heterocycles. The lowest BCUT2D eigenvalue weighted by Gasteiger charge is -2.24. The summed E-state index contributed by atoms with van der Waals surface area (Å²) in [6.45, 7) is 5.24. The first-order chi connectivity index (χ1) is 11.2. The van der Waals surface area contributed by atoms with Crippen LogP contribution < -0.4 is 5.32 Å². The third-order valence-electron chi connectivity index (χ3n) is 4.55. The van der Waals surface area contributed by atoms with Gasteiger partial charge in [-0.05, 0) is 49.6 Å². The van der Waals surface area contributed by atoms with Crippen molar-refractivity contribution < 1.29 is 14.7 Å². The van der Waals surface area contributed by atoms with Crippen LogP contribution in [0.4, 0.5) is 4.79 Å². The number of rotatable bonds is 4. The van der Waals surface area contributed by atoms with E-state index in [4.69, 9.17) is 0 Å². The van der Waals surface area contributed by atoms with Crippen molar-refractivity contribution in [3.63, 3.8) is 0 Å². The molecule has 3 rings (SSSR count). The third kappa shape index (κ3) is 2.87. The highest BCUT2D eigenvalue weighted by molar-refractivity contribution is 6.07. The van der Waals surface area contributed by atoms with Gasteiger partial charge >= 0.3 is 6.03 Å². The van der Waals surface area contributed by atoms with Crippen LogP contribution in [0.15, 0.2) is 42.5 Å². The van der Waals surface area contributed by atoms with Crippen LogP contribution >= 0.6 is 0 Å². The Morgan fingerprint density at radius 1 is 1.12 bits per heavy atom. The number of aliphatic hydroxyl groups is 1. The van der Waals surface area contributed by atoms with E-state index < -0.39 is 17.2 Å². The molecule has 24 heavy (non-hydrogen) atoms. The number of urea groups is 1. The summed E-state index contributed by atoms with van der Waals surface area (Å²) in [6.07, 6.45) is 0.333. The molecule has 1 aliphatic rings. The number of benzene rings is 2.